The largest absolute Gasteiger partial charge is 0.308 e. The van der Waals surface area contributed by atoms with Crippen molar-refractivity contribution in [2.75, 3.05) is 5.43 Å². The third-order valence-electron chi connectivity index (χ3n) is 1.75. The van der Waals surface area contributed by atoms with Crippen LogP contribution in [0.4, 0.5) is 5.82 Å². The summed E-state index contributed by atoms with van der Waals surface area (Å²) in [6.45, 7) is 1.81. The summed E-state index contributed by atoms with van der Waals surface area (Å²) in [7, 11) is 0. The Hall–Kier alpha value is -1.75. The number of nitrogen functional groups attached to an aromatic ring is 1. The number of nitrogens with one attached hydrogen (secondary N) is 1. The zero-order valence-corrected chi connectivity index (χ0v) is 7.15. The number of hydrogen-bond donors (Lipinski definition) is 2. The number of rotatable bonds is 1. The fourth-order valence-corrected chi connectivity index (χ4v) is 1.21. The number of fused-ring (bicyclic) bond motifs is 1. The zero-order valence-electron chi connectivity index (χ0n) is 7.15. The van der Waals surface area contributed by atoms with Crippen LogP contribution in [-0.4, -0.2) is 15.0 Å². The number of pyridine rings is 1. The van der Waals surface area contributed by atoms with Gasteiger partial charge in [0.25, 0.3) is 0 Å². The quantitative estimate of drug-likeness (QED) is 0.490. The van der Waals surface area contributed by atoms with E-state index in [1.54, 1.807) is 12.4 Å². The molecule has 0 saturated heterocycles. The van der Waals surface area contributed by atoms with Gasteiger partial charge in [-0.3, -0.25) is 4.98 Å². The first kappa shape index (κ1) is 7.88. The molecule has 0 fully saturated rings. The van der Waals surface area contributed by atoms with Crippen molar-refractivity contribution >= 4 is 16.7 Å². The number of nitrogens with zero attached hydrogens (tertiary/aromatic N) is 3. The molecule has 5 nitrogen and oxygen atoms in total. The molecular formula is C8H9N5. The van der Waals surface area contributed by atoms with E-state index in [1.165, 1.54) is 0 Å². The van der Waals surface area contributed by atoms with Gasteiger partial charge in [0.1, 0.15) is 5.82 Å². The molecule has 0 unspecified atom stereocenters. The van der Waals surface area contributed by atoms with Gasteiger partial charge in [-0.2, -0.15) is 0 Å². The van der Waals surface area contributed by atoms with E-state index < -0.39 is 0 Å². The molecule has 66 valence electrons. The Morgan fingerprint density at radius 2 is 2.23 bits per heavy atom. The molecule has 0 atom stereocenters. The van der Waals surface area contributed by atoms with Gasteiger partial charge in [0, 0.05) is 11.6 Å². The van der Waals surface area contributed by atoms with Crippen molar-refractivity contribution in [3.05, 3.63) is 24.3 Å². The van der Waals surface area contributed by atoms with Gasteiger partial charge in [-0.15, -0.1) is 0 Å². The van der Waals surface area contributed by atoms with Crippen molar-refractivity contribution in [1.82, 2.24) is 15.0 Å². The highest BCUT2D eigenvalue weighted by Crippen LogP contribution is 2.17. The normalized spacial score (nSPS) is 10.3. The maximum Gasteiger partial charge on any atom is 0.151 e. The van der Waals surface area contributed by atoms with Crippen LogP contribution in [0.25, 0.3) is 10.9 Å². The Morgan fingerprint density at radius 1 is 1.38 bits per heavy atom. The van der Waals surface area contributed by atoms with E-state index in [0.717, 1.165) is 10.9 Å². The second kappa shape index (κ2) is 2.95. The van der Waals surface area contributed by atoms with Gasteiger partial charge < -0.3 is 5.43 Å². The Balaban J connectivity index is 2.81. The van der Waals surface area contributed by atoms with E-state index in [-0.39, 0.29) is 0 Å². The van der Waals surface area contributed by atoms with Crippen LogP contribution < -0.4 is 11.3 Å². The minimum Gasteiger partial charge on any atom is -0.308 e. The molecular weight excluding hydrogens is 166 g/mol. The summed E-state index contributed by atoms with van der Waals surface area (Å²) in [6.07, 6.45) is 3.37. The second-order valence-corrected chi connectivity index (χ2v) is 2.66. The van der Waals surface area contributed by atoms with E-state index in [4.69, 9.17) is 5.84 Å². The van der Waals surface area contributed by atoms with Crippen LogP contribution in [-0.2, 0) is 0 Å². The van der Waals surface area contributed by atoms with E-state index in [1.807, 2.05) is 13.0 Å². The average molecular weight is 175 g/mol. The van der Waals surface area contributed by atoms with E-state index in [0.29, 0.717) is 11.6 Å². The highest BCUT2D eigenvalue weighted by atomic mass is 15.3. The molecule has 13 heavy (non-hydrogen) atoms. The van der Waals surface area contributed by atoms with Gasteiger partial charge in [0.05, 0.1) is 11.7 Å². The summed E-state index contributed by atoms with van der Waals surface area (Å²) >= 11 is 0. The molecule has 2 heterocycles. The molecule has 0 aromatic carbocycles. The molecule has 0 aliphatic heterocycles. The number of hydrogen-bond acceptors (Lipinski definition) is 5. The molecule has 0 amide bonds. The second-order valence-electron chi connectivity index (χ2n) is 2.66. The molecule has 0 saturated carbocycles. The first-order valence-corrected chi connectivity index (χ1v) is 3.86. The summed E-state index contributed by atoms with van der Waals surface area (Å²) in [6, 6.07) is 1.82. The van der Waals surface area contributed by atoms with Crippen LogP contribution in [0, 0.1) is 6.92 Å². The fourth-order valence-electron chi connectivity index (χ4n) is 1.21. The zero-order chi connectivity index (χ0) is 9.26. The van der Waals surface area contributed by atoms with Gasteiger partial charge in [0.15, 0.2) is 5.82 Å². The minimum atomic E-state index is 0.630. The number of hydrazine groups is 1. The van der Waals surface area contributed by atoms with Gasteiger partial charge in [0.2, 0.25) is 0 Å². The Labute approximate surface area is 75.0 Å². The van der Waals surface area contributed by atoms with Gasteiger partial charge in [-0.05, 0) is 13.0 Å². The standard InChI is InChI=1S/C8H9N5/c1-5-11-7-4-10-3-2-6(7)8(12-5)13-9/h2-4H,9H2,1H3,(H,11,12,13). The highest BCUT2D eigenvalue weighted by Gasteiger charge is 2.02. The first-order valence-electron chi connectivity index (χ1n) is 3.86. The molecule has 0 bridgehead atoms. The van der Waals surface area contributed by atoms with Crippen LogP contribution in [0.1, 0.15) is 5.82 Å². The third-order valence-corrected chi connectivity index (χ3v) is 1.75. The topological polar surface area (TPSA) is 76.7 Å². The van der Waals surface area contributed by atoms with E-state index >= 15 is 0 Å². The lowest BCUT2D eigenvalue weighted by atomic mass is 10.3. The van der Waals surface area contributed by atoms with Crippen molar-refractivity contribution in [1.29, 1.82) is 0 Å². The fraction of sp³-hybridized carbons (Fsp3) is 0.125. The first-order chi connectivity index (χ1) is 6.31. The summed E-state index contributed by atoms with van der Waals surface area (Å²) in [5.74, 6) is 6.63. The molecule has 0 spiro atoms. The predicted octanol–water partition coefficient (Wildman–Crippen LogP) is 0.619. The molecule has 2 aromatic heterocycles. The van der Waals surface area contributed by atoms with E-state index in [9.17, 15) is 0 Å². The van der Waals surface area contributed by atoms with Crippen LogP contribution >= 0.6 is 0 Å². The maximum atomic E-state index is 5.32. The summed E-state index contributed by atoms with van der Waals surface area (Å²) < 4.78 is 0. The number of aromatic nitrogens is 3. The third kappa shape index (κ3) is 1.29. The lowest BCUT2D eigenvalue weighted by Crippen LogP contribution is -2.10. The molecule has 2 rings (SSSR count). The molecule has 0 aliphatic carbocycles. The van der Waals surface area contributed by atoms with E-state index in [2.05, 4.69) is 20.4 Å². The van der Waals surface area contributed by atoms with Crippen molar-refractivity contribution in [2.45, 2.75) is 6.92 Å². The van der Waals surface area contributed by atoms with Crippen molar-refractivity contribution < 1.29 is 0 Å². The molecule has 0 radical (unpaired) electrons. The number of aryl methyl sites for hydroxylation is 1. The Morgan fingerprint density at radius 3 is 3.00 bits per heavy atom. The smallest absolute Gasteiger partial charge is 0.151 e. The predicted molar refractivity (Wildman–Crippen MR) is 49.9 cm³/mol. The number of anilines is 1. The Kier molecular flexibility index (Phi) is 1.79. The average Bonchev–Trinajstić information content (AvgIpc) is 2.16. The van der Waals surface area contributed by atoms with Crippen molar-refractivity contribution in [3.8, 4) is 0 Å². The minimum absolute atomic E-state index is 0.630. The van der Waals surface area contributed by atoms with Crippen molar-refractivity contribution in [3.63, 3.8) is 0 Å². The van der Waals surface area contributed by atoms with Gasteiger partial charge >= 0.3 is 0 Å². The molecule has 3 N–H and O–H groups in total. The molecule has 0 aliphatic rings. The molecule has 2 aromatic rings. The SMILES string of the molecule is Cc1nc(NN)c2ccncc2n1. The van der Waals surface area contributed by atoms with Crippen LogP contribution in [0.3, 0.4) is 0 Å². The maximum absolute atomic E-state index is 5.32. The van der Waals surface area contributed by atoms with Gasteiger partial charge in [-0.1, -0.05) is 0 Å². The summed E-state index contributed by atoms with van der Waals surface area (Å²) in [5, 5.41) is 0.878. The number of nitrogens with two attached hydrogens (primary N) is 1. The monoisotopic (exact) mass is 175 g/mol. The van der Waals surface area contributed by atoms with Crippen LogP contribution in [0.15, 0.2) is 18.5 Å². The van der Waals surface area contributed by atoms with Crippen LogP contribution in [0.2, 0.25) is 0 Å². The van der Waals surface area contributed by atoms with Gasteiger partial charge in [-0.25, -0.2) is 15.8 Å². The lowest BCUT2D eigenvalue weighted by Gasteiger charge is -2.04. The highest BCUT2D eigenvalue weighted by molar-refractivity contribution is 5.87. The summed E-state index contributed by atoms with van der Waals surface area (Å²) in [4.78, 5) is 12.3. The van der Waals surface area contributed by atoms with Crippen LogP contribution in [0.5, 0.6) is 0 Å². The Bertz CT molecular complexity index is 439. The van der Waals surface area contributed by atoms with Crippen molar-refractivity contribution in [2.24, 2.45) is 5.84 Å². The lowest BCUT2D eigenvalue weighted by molar-refractivity contribution is 1.07. The molecule has 5 heteroatoms. The summed E-state index contributed by atoms with van der Waals surface area (Å²) in [5.41, 5.74) is 3.33.